The second kappa shape index (κ2) is 5.80. The lowest BCUT2D eigenvalue weighted by Crippen LogP contribution is -1.83. The van der Waals surface area contributed by atoms with Crippen LogP contribution in [0.2, 0.25) is 5.02 Å². The highest BCUT2D eigenvalue weighted by atomic mass is 79.9. The normalized spacial score (nSPS) is 10.3. The highest BCUT2D eigenvalue weighted by Crippen LogP contribution is 2.33. The van der Waals surface area contributed by atoms with Crippen molar-refractivity contribution in [3.63, 3.8) is 0 Å². The average molecular weight is 330 g/mol. The van der Waals surface area contributed by atoms with Crippen LogP contribution in [0, 0.1) is 0 Å². The minimum Gasteiger partial charge on any atom is -0.495 e. The van der Waals surface area contributed by atoms with Gasteiger partial charge in [-0.2, -0.15) is 0 Å². The molecule has 0 heterocycles. The van der Waals surface area contributed by atoms with E-state index in [-0.39, 0.29) is 0 Å². The summed E-state index contributed by atoms with van der Waals surface area (Å²) in [6.07, 6.45) is 0. The van der Waals surface area contributed by atoms with Gasteiger partial charge >= 0.3 is 0 Å². The Balaban J connectivity index is 2.19. The molecule has 2 aromatic rings. The van der Waals surface area contributed by atoms with Crippen molar-refractivity contribution in [1.29, 1.82) is 0 Å². The molecule has 0 fully saturated rings. The van der Waals surface area contributed by atoms with Gasteiger partial charge in [0.2, 0.25) is 0 Å². The molecule has 0 atom stereocenters. The Hall–Kier alpha value is -0.640. The Bertz CT molecular complexity index is 513. The highest BCUT2D eigenvalue weighted by Gasteiger charge is 2.03. The van der Waals surface area contributed by atoms with Crippen molar-refractivity contribution >= 4 is 39.3 Å². The lowest BCUT2D eigenvalue weighted by Gasteiger charge is -2.06. The quantitative estimate of drug-likeness (QED) is 0.759. The molecule has 0 bridgehead atoms. The topological polar surface area (TPSA) is 9.23 Å². The van der Waals surface area contributed by atoms with E-state index in [1.807, 2.05) is 30.3 Å². The van der Waals surface area contributed by atoms with Gasteiger partial charge in [0, 0.05) is 14.3 Å². The molecule has 0 radical (unpaired) electrons. The predicted octanol–water partition coefficient (Wildman–Crippen LogP) is 5.26. The molecule has 4 heteroatoms. The summed E-state index contributed by atoms with van der Waals surface area (Å²) in [6, 6.07) is 14.0. The van der Waals surface area contributed by atoms with E-state index in [9.17, 15) is 0 Å². The van der Waals surface area contributed by atoms with Gasteiger partial charge in [-0.05, 0) is 42.5 Å². The maximum atomic E-state index is 6.08. The molecule has 2 aromatic carbocycles. The van der Waals surface area contributed by atoms with Gasteiger partial charge in [-0.25, -0.2) is 0 Å². The zero-order valence-electron chi connectivity index (χ0n) is 9.11. The van der Waals surface area contributed by atoms with Gasteiger partial charge in [0.1, 0.15) is 5.75 Å². The van der Waals surface area contributed by atoms with Crippen molar-refractivity contribution in [1.82, 2.24) is 0 Å². The molecule has 1 nitrogen and oxygen atoms in total. The molecule has 0 spiro atoms. The van der Waals surface area contributed by atoms with Crippen LogP contribution in [-0.4, -0.2) is 7.11 Å². The Morgan fingerprint density at radius 3 is 2.29 bits per heavy atom. The predicted molar refractivity (Wildman–Crippen MR) is 76.3 cm³/mol. The van der Waals surface area contributed by atoms with E-state index in [0.717, 1.165) is 9.37 Å². The molecule has 0 unspecified atom stereocenters. The van der Waals surface area contributed by atoms with Crippen LogP contribution in [-0.2, 0) is 0 Å². The van der Waals surface area contributed by atoms with Crippen molar-refractivity contribution < 1.29 is 4.74 Å². The van der Waals surface area contributed by atoms with Crippen LogP contribution in [0.3, 0.4) is 0 Å². The van der Waals surface area contributed by atoms with E-state index in [0.29, 0.717) is 10.8 Å². The Kier molecular flexibility index (Phi) is 4.37. The van der Waals surface area contributed by atoms with E-state index < -0.39 is 0 Å². The molecule has 0 amide bonds. The van der Waals surface area contributed by atoms with E-state index in [2.05, 4.69) is 28.1 Å². The zero-order valence-corrected chi connectivity index (χ0v) is 12.3. The fourth-order valence-electron chi connectivity index (χ4n) is 1.35. The van der Waals surface area contributed by atoms with Crippen LogP contribution in [0.25, 0.3) is 0 Å². The standard InChI is InChI=1S/C13H10BrClOS/c1-16-13-7-6-11(8-12(13)15)17-10-4-2-9(14)3-5-10/h2-8H,1H3. The second-order valence-corrected chi connectivity index (χ2v) is 5.82. The summed E-state index contributed by atoms with van der Waals surface area (Å²) >= 11 is 11.2. The van der Waals surface area contributed by atoms with E-state index in [1.54, 1.807) is 18.9 Å². The van der Waals surface area contributed by atoms with Gasteiger partial charge in [-0.1, -0.05) is 39.3 Å². The van der Waals surface area contributed by atoms with Gasteiger partial charge < -0.3 is 4.74 Å². The van der Waals surface area contributed by atoms with Crippen molar-refractivity contribution in [2.45, 2.75) is 9.79 Å². The highest BCUT2D eigenvalue weighted by molar-refractivity contribution is 9.10. The molecule has 0 aliphatic carbocycles. The number of benzene rings is 2. The average Bonchev–Trinajstić information content (AvgIpc) is 2.32. The minimum atomic E-state index is 0.634. The summed E-state index contributed by atoms with van der Waals surface area (Å²) in [6.45, 7) is 0. The molecular formula is C13H10BrClOS. The Labute approximate surface area is 118 Å². The summed E-state index contributed by atoms with van der Waals surface area (Å²) in [5.41, 5.74) is 0. The molecule has 0 saturated carbocycles. The number of halogens is 2. The lowest BCUT2D eigenvalue weighted by molar-refractivity contribution is 0.414. The SMILES string of the molecule is COc1ccc(Sc2ccc(Br)cc2)cc1Cl. The molecule has 17 heavy (non-hydrogen) atoms. The monoisotopic (exact) mass is 328 g/mol. The van der Waals surface area contributed by atoms with Crippen LogP contribution < -0.4 is 4.74 Å². The molecule has 0 aromatic heterocycles. The smallest absolute Gasteiger partial charge is 0.137 e. The maximum absolute atomic E-state index is 6.08. The third-order valence-corrected chi connectivity index (χ3v) is 3.99. The molecular weight excluding hydrogens is 320 g/mol. The van der Waals surface area contributed by atoms with E-state index in [4.69, 9.17) is 16.3 Å². The summed E-state index contributed by atoms with van der Waals surface area (Å²) in [7, 11) is 1.61. The fourth-order valence-corrected chi connectivity index (χ4v) is 2.79. The number of ether oxygens (including phenoxy) is 1. The van der Waals surface area contributed by atoms with E-state index >= 15 is 0 Å². The summed E-state index contributed by atoms with van der Waals surface area (Å²) < 4.78 is 6.20. The third kappa shape index (κ3) is 3.41. The number of rotatable bonds is 3. The first-order chi connectivity index (χ1) is 8.19. The van der Waals surface area contributed by atoms with Crippen molar-refractivity contribution in [2.24, 2.45) is 0 Å². The molecule has 0 N–H and O–H groups in total. The van der Waals surface area contributed by atoms with Gasteiger partial charge in [0.25, 0.3) is 0 Å². The Morgan fingerprint density at radius 2 is 1.71 bits per heavy atom. The van der Waals surface area contributed by atoms with Crippen LogP contribution in [0.1, 0.15) is 0 Å². The molecule has 0 aliphatic rings. The third-order valence-electron chi connectivity index (χ3n) is 2.17. The first-order valence-electron chi connectivity index (χ1n) is 4.96. The number of hydrogen-bond acceptors (Lipinski definition) is 2. The summed E-state index contributed by atoms with van der Waals surface area (Å²) in [4.78, 5) is 2.27. The summed E-state index contributed by atoms with van der Waals surface area (Å²) in [5, 5.41) is 0.634. The van der Waals surface area contributed by atoms with Gasteiger partial charge in [0.15, 0.2) is 0 Å². The zero-order chi connectivity index (χ0) is 12.3. The number of methoxy groups -OCH3 is 1. The fraction of sp³-hybridized carbons (Fsp3) is 0.0769. The maximum Gasteiger partial charge on any atom is 0.137 e. The molecule has 0 saturated heterocycles. The second-order valence-electron chi connectivity index (χ2n) is 3.35. The van der Waals surface area contributed by atoms with Gasteiger partial charge in [-0.15, -0.1) is 0 Å². The number of hydrogen-bond donors (Lipinski definition) is 0. The summed E-state index contributed by atoms with van der Waals surface area (Å²) in [5.74, 6) is 0.701. The first-order valence-corrected chi connectivity index (χ1v) is 6.95. The van der Waals surface area contributed by atoms with Crippen LogP contribution in [0.5, 0.6) is 5.75 Å². The lowest BCUT2D eigenvalue weighted by atomic mass is 10.3. The van der Waals surface area contributed by atoms with Crippen molar-refractivity contribution in [2.75, 3.05) is 7.11 Å². The largest absolute Gasteiger partial charge is 0.495 e. The molecule has 2 rings (SSSR count). The first kappa shape index (κ1) is 12.8. The van der Waals surface area contributed by atoms with Crippen molar-refractivity contribution in [3.05, 3.63) is 52.0 Å². The molecule has 0 aliphatic heterocycles. The van der Waals surface area contributed by atoms with Crippen LogP contribution in [0.15, 0.2) is 56.7 Å². The van der Waals surface area contributed by atoms with Gasteiger partial charge in [0.05, 0.1) is 12.1 Å². The van der Waals surface area contributed by atoms with Crippen molar-refractivity contribution in [3.8, 4) is 5.75 Å². The molecule has 88 valence electrons. The Morgan fingerprint density at radius 1 is 1.06 bits per heavy atom. The van der Waals surface area contributed by atoms with Gasteiger partial charge in [-0.3, -0.25) is 0 Å². The van der Waals surface area contributed by atoms with Crippen LogP contribution in [0.4, 0.5) is 0 Å². The van der Waals surface area contributed by atoms with Crippen LogP contribution >= 0.6 is 39.3 Å². The van der Waals surface area contributed by atoms with E-state index in [1.165, 1.54) is 4.90 Å². The minimum absolute atomic E-state index is 0.634.